The van der Waals surface area contributed by atoms with Gasteiger partial charge >= 0.3 is 11.7 Å². The molecule has 0 saturated carbocycles. The van der Waals surface area contributed by atoms with Gasteiger partial charge in [-0.15, -0.1) is 0 Å². The topological polar surface area (TPSA) is 150 Å². The number of furan rings is 1. The van der Waals surface area contributed by atoms with Gasteiger partial charge < -0.3 is 14.3 Å². The number of halogens is 1. The second-order valence-corrected chi connectivity index (χ2v) is 9.07. The van der Waals surface area contributed by atoms with Crippen molar-refractivity contribution in [3.05, 3.63) is 97.2 Å². The number of nitro benzene ring substituents is 1. The van der Waals surface area contributed by atoms with Crippen LogP contribution < -0.4 is 10.3 Å². The van der Waals surface area contributed by atoms with Crippen molar-refractivity contribution in [3.8, 4) is 17.3 Å². The highest BCUT2D eigenvalue weighted by Crippen LogP contribution is 2.32. The predicted octanol–water partition coefficient (Wildman–Crippen LogP) is 5.21. The number of ether oxygens (including phenoxy) is 1. The molecule has 0 spiro atoms. The largest absolute Gasteiger partial charge is 0.479 e. The second-order valence-electron chi connectivity index (χ2n) is 8.16. The molecule has 12 heteroatoms. The molecule has 0 saturated heterocycles. The zero-order valence-electron chi connectivity index (χ0n) is 19.6. The number of benzene rings is 3. The quantitative estimate of drug-likeness (QED) is 0.157. The number of carboxylic acids is 1. The van der Waals surface area contributed by atoms with Crippen LogP contribution in [-0.2, 0) is 4.79 Å². The fourth-order valence-corrected chi connectivity index (χ4v) is 4.16. The van der Waals surface area contributed by atoms with E-state index in [-0.39, 0.29) is 22.9 Å². The Bertz CT molecular complexity index is 1830. The standard InChI is InChI=1S/C26H17BrN4O7/c1-14(26(33)34)37-23-15(5-4-8-20(23)31(35)36)13-28-30-24(29-19-7-3-2-6-18(19)25(30)32)22-12-16-11-17(27)9-10-21(16)38-22/h2-14H,1H3,(H,33,34)/t14-/m1/s1. The van der Waals surface area contributed by atoms with Gasteiger partial charge in [0.25, 0.3) is 5.56 Å². The van der Waals surface area contributed by atoms with E-state index in [2.05, 4.69) is 26.0 Å². The van der Waals surface area contributed by atoms with Gasteiger partial charge in [0.05, 0.1) is 22.0 Å². The third-order valence-electron chi connectivity index (χ3n) is 5.63. The number of carbonyl (C=O) groups is 1. The summed E-state index contributed by atoms with van der Waals surface area (Å²) in [6.45, 7) is 1.25. The molecule has 190 valence electrons. The number of nitro groups is 1. The highest BCUT2D eigenvalue weighted by Gasteiger charge is 2.24. The number of carboxylic acid groups (broad SMARTS) is 1. The molecule has 0 radical (unpaired) electrons. The molecular formula is C26H17BrN4O7. The molecule has 0 aliphatic rings. The Kier molecular flexibility index (Phi) is 6.47. The van der Waals surface area contributed by atoms with Crippen LogP contribution in [0.25, 0.3) is 33.5 Å². The van der Waals surface area contributed by atoms with Crippen molar-refractivity contribution in [3.63, 3.8) is 0 Å². The summed E-state index contributed by atoms with van der Waals surface area (Å²) in [7, 11) is 0. The van der Waals surface area contributed by atoms with Crippen molar-refractivity contribution < 1.29 is 24.0 Å². The number of hydrogen-bond acceptors (Lipinski definition) is 8. The van der Waals surface area contributed by atoms with E-state index in [1.165, 1.54) is 31.3 Å². The van der Waals surface area contributed by atoms with Crippen LogP contribution in [0.15, 0.2) is 85.5 Å². The monoisotopic (exact) mass is 576 g/mol. The van der Waals surface area contributed by atoms with Crippen LogP contribution in [0.5, 0.6) is 5.75 Å². The molecule has 0 unspecified atom stereocenters. The van der Waals surface area contributed by atoms with Crippen molar-refractivity contribution in [2.24, 2.45) is 5.10 Å². The maximum absolute atomic E-state index is 13.5. The zero-order valence-corrected chi connectivity index (χ0v) is 21.2. The first-order chi connectivity index (χ1) is 18.2. The maximum atomic E-state index is 13.5. The fourth-order valence-electron chi connectivity index (χ4n) is 3.78. The van der Waals surface area contributed by atoms with E-state index in [4.69, 9.17) is 9.15 Å². The minimum atomic E-state index is -1.38. The average Bonchev–Trinajstić information content (AvgIpc) is 3.31. The first-order valence-corrected chi connectivity index (χ1v) is 11.9. The Balaban J connectivity index is 1.70. The van der Waals surface area contributed by atoms with Gasteiger partial charge in [-0.1, -0.05) is 34.1 Å². The van der Waals surface area contributed by atoms with Gasteiger partial charge in [-0.3, -0.25) is 14.9 Å². The zero-order chi connectivity index (χ0) is 27.0. The lowest BCUT2D eigenvalue weighted by Crippen LogP contribution is -2.24. The average molecular weight is 577 g/mol. The lowest BCUT2D eigenvalue weighted by Gasteiger charge is -2.13. The van der Waals surface area contributed by atoms with Crippen molar-refractivity contribution in [2.45, 2.75) is 13.0 Å². The molecule has 38 heavy (non-hydrogen) atoms. The highest BCUT2D eigenvalue weighted by atomic mass is 79.9. The first-order valence-electron chi connectivity index (χ1n) is 11.2. The molecule has 1 N–H and O–H groups in total. The van der Waals surface area contributed by atoms with E-state index in [9.17, 15) is 24.8 Å². The Morgan fingerprint density at radius 2 is 2.00 bits per heavy atom. The van der Waals surface area contributed by atoms with Crippen LogP contribution in [0.2, 0.25) is 0 Å². The lowest BCUT2D eigenvalue weighted by molar-refractivity contribution is -0.386. The molecule has 1 atom stereocenters. The van der Waals surface area contributed by atoms with Gasteiger partial charge in [-0.2, -0.15) is 9.78 Å². The normalized spacial score (nSPS) is 12.3. The van der Waals surface area contributed by atoms with Gasteiger partial charge in [-0.25, -0.2) is 9.78 Å². The number of nitrogens with zero attached hydrogens (tertiary/aromatic N) is 4. The lowest BCUT2D eigenvalue weighted by atomic mass is 10.2. The van der Waals surface area contributed by atoms with Crippen LogP contribution in [0.3, 0.4) is 0 Å². The molecule has 5 aromatic rings. The molecule has 0 bridgehead atoms. The summed E-state index contributed by atoms with van der Waals surface area (Å²) in [5.41, 5.74) is 0.129. The van der Waals surface area contributed by atoms with Crippen LogP contribution >= 0.6 is 15.9 Å². The highest BCUT2D eigenvalue weighted by molar-refractivity contribution is 9.10. The first kappa shape index (κ1) is 24.8. The number of hydrogen-bond donors (Lipinski definition) is 1. The number of rotatable bonds is 7. The number of fused-ring (bicyclic) bond motifs is 2. The van der Waals surface area contributed by atoms with E-state index >= 15 is 0 Å². The molecule has 0 aliphatic heterocycles. The van der Waals surface area contributed by atoms with Crippen molar-refractivity contribution in [1.29, 1.82) is 0 Å². The van der Waals surface area contributed by atoms with E-state index < -0.39 is 28.2 Å². The molecule has 11 nitrogen and oxygen atoms in total. The van der Waals surface area contributed by atoms with Crippen molar-refractivity contribution in [2.75, 3.05) is 0 Å². The molecule has 3 aromatic carbocycles. The van der Waals surface area contributed by atoms with Gasteiger partial charge in [0.2, 0.25) is 11.6 Å². The summed E-state index contributed by atoms with van der Waals surface area (Å²) >= 11 is 3.42. The van der Waals surface area contributed by atoms with Crippen LogP contribution in [0.1, 0.15) is 12.5 Å². The Labute approximate surface area is 221 Å². The summed E-state index contributed by atoms with van der Waals surface area (Å²) in [5.74, 6) is -1.23. The summed E-state index contributed by atoms with van der Waals surface area (Å²) in [5, 5.41) is 26.2. The summed E-state index contributed by atoms with van der Waals surface area (Å²) < 4.78 is 13.2. The van der Waals surface area contributed by atoms with E-state index in [0.29, 0.717) is 16.5 Å². The Morgan fingerprint density at radius 3 is 2.76 bits per heavy atom. The van der Waals surface area contributed by atoms with Crippen LogP contribution in [0.4, 0.5) is 5.69 Å². The van der Waals surface area contributed by atoms with Gasteiger partial charge in [0.1, 0.15) is 5.58 Å². The fraction of sp³-hybridized carbons (Fsp3) is 0.0769. The number of para-hydroxylation sites is 2. The maximum Gasteiger partial charge on any atom is 0.344 e. The molecule has 2 aromatic heterocycles. The molecule has 0 aliphatic carbocycles. The third-order valence-corrected chi connectivity index (χ3v) is 6.12. The molecule has 2 heterocycles. The Morgan fingerprint density at radius 1 is 1.21 bits per heavy atom. The molecule has 5 rings (SSSR count). The number of aliphatic carboxylic acids is 1. The van der Waals surface area contributed by atoms with Gasteiger partial charge in [0, 0.05) is 21.5 Å². The van der Waals surface area contributed by atoms with E-state index in [1.807, 2.05) is 12.1 Å². The summed E-state index contributed by atoms with van der Waals surface area (Å²) in [4.78, 5) is 40.3. The van der Waals surface area contributed by atoms with E-state index in [0.717, 1.165) is 14.5 Å². The van der Waals surface area contributed by atoms with Gasteiger partial charge in [-0.05, 0) is 49.4 Å². The minimum absolute atomic E-state index is 0.0897. The molecule has 0 amide bonds. The number of aromatic nitrogens is 2. The minimum Gasteiger partial charge on any atom is -0.479 e. The van der Waals surface area contributed by atoms with Crippen molar-refractivity contribution >= 4 is 55.7 Å². The summed E-state index contributed by atoms with van der Waals surface area (Å²) in [6, 6.07) is 17.9. The van der Waals surface area contributed by atoms with Crippen molar-refractivity contribution in [1.82, 2.24) is 9.66 Å². The van der Waals surface area contributed by atoms with Gasteiger partial charge in [0.15, 0.2) is 11.9 Å². The molecule has 0 fully saturated rings. The Hall–Kier alpha value is -4.84. The smallest absolute Gasteiger partial charge is 0.344 e. The third kappa shape index (κ3) is 4.64. The van der Waals surface area contributed by atoms with E-state index in [1.54, 1.807) is 36.4 Å². The molecular weight excluding hydrogens is 560 g/mol. The second kappa shape index (κ2) is 9.90. The van der Waals surface area contributed by atoms with Crippen LogP contribution in [-0.4, -0.2) is 38.0 Å². The predicted molar refractivity (Wildman–Crippen MR) is 143 cm³/mol. The summed E-state index contributed by atoms with van der Waals surface area (Å²) in [6.07, 6.45) is -0.198. The SMILES string of the molecule is C[C@@H](Oc1c(C=Nn2c(-c3cc4cc(Br)ccc4o3)nc3ccccc3c2=O)cccc1[N+](=O)[O-])C(=O)O. The van der Waals surface area contributed by atoms with Crippen LogP contribution in [0, 0.1) is 10.1 Å².